The van der Waals surface area contributed by atoms with E-state index >= 15 is 0 Å². The van der Waals surface area contributed by atoms with E-state index in [4.69, 9.17) is 0 Å². The summed E-state index contributed by atoms with van der Waals surface area (Å²) in [5.41, 5.74) is 2.91. The van der Waals surface area contributed by atoms with Gasteiger partial charge in [0.05, 0.1) is 0 Å². The van der Waals surface area contributed by atoms with Gasteiger partial charge in [-0.3, -0.25) is 0 Å². The zero-order chi connectivity index (χ0) is 10.5. The van der Waals surface area contributed by atoms with E-state index in [0.717, 1.165) is 31.5 Å². The van der Waals surface area contributed by atoms with Crippen LogP contribution in [0.2, 0.25) is 0 Å². The van der Waals surface area contributed by atoms with Crippen LogP contribution in [0.4, 0.5) is 0 Å². The molecular formula is C14H18O. The van der Waals surface area contributed by atoms with E-state index in [0.29, 0.717) is 6.42 Å². The number of carbonyl (C=O) groups excluding carboxylic acids is 1. The van der Waals surface area contributed by atoms with Crippen LogP contribution in [0.25, 0.3) is 0 Å². The van der Waals surface area contributed by atoms with Crippen LogP contribution >= 0.6 is 0 Å². The number of benzene rings is 1. The Morgan fingerprint density at radius 2 is 1.87 bits per heavy atom. The summed E-state index contributed by atoms with van der Waals surface area (Å²) in [6.07, 6.45) is 7.72. The summed E-state index contributed by atoms with van der Waals surface area (Å²) < 4.78 is 0. The molecule has 80 valence electrons. The van der Waals surface area contributed by atoms with Gasteiger partial charge in [-0.05, 0) is 49.1 Å². The van der Waals surface area contributed by atoms with E-state index in [-0.39, 0.29) is 0 Å². The van der Waals surface area contributed by atoms with Crippen molar-refractivity contribution in [3.8, 4) is 0 Å². The van der Waals surface area contributed by atoms with Crippen LogP contribution in [0.15, 0.2) is 24.3 Å². The van der Waals surface area contributed by atoms with E-state index in [9.17, 15) is 4.79 Å². The van der Waals surface area contributed by atoms with Crippen molar-refractivity contribution in [2.24, 2.45) is 0 Å². The second-order valence-corrected chi connectivity index (χ2v) is 4.43. The van der Waals surface area contributed by atoms with Gasteiger partial charge in [0.1, 0.15) is 6.29 Å². The Bertz CT molecular complexity index is 309. The van der Waals surface area contributed by atoms with E-state index < -0.39 is 0 Å². The molecule has 1 nitrogen and oxygen atoms in total. The predicted molar refractivity (Wildman–Crippen MR) is 62.0 cm³/mol. The van der Waals surface area contributed by atoms with Crippen LogP contribution in [0.5, 0.6) is 0 Å². The Kier molecular flexibility index (Phi) is 3.54. The summed E-state index contributed by atoms with van der Waals surface area (Å²) in [6.45, 7) is 0. The largest absolute Gasteiger partial charge is 0.303 e. The first-order chi connectivity index (χ1) is 7.40. The molecule has 1 heteroatoms. The van der Waals surface area contributed by atoms with Crippen LogP contribution in [-0.2, 0) is 11.2 Å². The second-order valence-electron chi connectivity index (χ2n) is 4.43. The highest BCUT2D eigenvalue weighted by molar-refractivity contribution is 5.48. The SMILES string of the molecule is O=CCCCCc1ccc(C2CC2)cc1. The molecule has 0 N–H and O–H groups in total. The van der Waals surface area contributed by atoms with Crippen molar-refractivity contribution in [3.63, 3.8) is 0 Å². The molecule has 0 atom stereocenters. The minimum atomic E-state index is 0.708. The van der Waals surface area contributed by atoms with E-state index in [1.165, 1.54) is 24.0 Å². The Balaban J connectivity index is 1.78. The van der Waals surface area contributed by atoms with Crippen LogP contribution in [0.3, 0.4) is 0 Å². The maximum Gasteiger partial charge on any atom is 0.119 e. The van der Waals surface area contributed by atoms with Crippen molar-refractivity contribution in [2.75, 3.05) is 0 Å². The number of hydrogen-bond donors (Lipinski definition) is 0. The second kappa shape index (κ2) is 5.11. The van der Waals surface area contributed by atoms with Crippen molar-refractivity contribution >= 4 is 6.29 Å². The molecule has 0 aliphatic heterocycles. The summed E-state index contributed by atoms with van der Waals surface area (Å²) in [4.78, 5) is 10.1. The van der Waals surface area contributed by atoms with Gasteiger partial charge in [0, 0.05) is 6.42 Å². The third-order valence-electron chi connectivity index (χ3n) is 3.07. The smallest absolute Gasteiger partial charge is 0.119 e. The summed E-state index contributed by atoms with van der Waals surface area (Å²) in [7, 11) is 0. The molecule has 1 saturated carbocycles. The van der Waals surface area contributed by atoms with Crippen molar-refractivity contribution in [2.45, 2.75) is 44.4 Å². The maximum absolute atomic E-state index is 10.1. The zero-order valence-electron chi connectivity index (χ0n) is 9.11. The van der Waals surface area contributed by atoms with Gasteiger partial charge in [-0.25, -0.2) is 0 Å². The third kappa shape index (κ3) is 3.19. The normalized spacial score (nSPS) is 15.2. The molecule has 0 unspecified atom stereocenters. The molecule has 1 fully saturated rings. The first-order valence-electron chi connectivity index (χ1n) is 5.92. The fourth-order valence-corrected chi connectivity index (χ4v) is 1.93. The average Bonchev–Trinajstić information content (AvgIpc) is 3.09. The molecule has 15 heavy (non-hydrogen) atoms. The first kappa shape index (κ1) is 10.4. The number of hydrogen-bond acceptors (Lipinski definition) is 1. The lowest BCUT2D eigenvalue weighted by atomic mass is 10.0. The third-order valence-corrected chi connectivity index (χ3v) is 3.07. The fraction of sp³-hybridized carbons (Fsp3) is 0.500. The minimum Gasteiger partial charge on any atom is -0.303 e. The monoisotopic (exact) mass is 202 g/mol. The molecule has 0 heterocycles. The highest BCUT2D eigenvalue weighted by Gasteiger charge is 2.22. The van der Waals surface area contributed by atoms with Gasteiger partial charge in [-0.1, -0.05) is 24.3 Å². The molecule has 0 radical (unpaired) electrons. The molecule has 1 aliphatic rings. The van der Waals surface area contributed by atoms with Crippen LogP contribution < -0.4 is 0 Å². The number of carbonyl (C=O) groups is 1. The summed E-state index contributed by atoms with van der Waals surface area (Å²) in [6, 6.07) is 9.03. The highest BCUT2D eigenvalue weighted by atomic mass is 16.1. The lowest BCUT2D eigenvalue weighted by Crippen LogP contribution is -1.87. The van der Waals surface area contributed by atoms with Crippen molar-refractivity contribution < 1.29 is 4.79 Å². The van der Waals surface area contributed by atoms with Crippen LogP contribution in [0.1, 0.15) is 49.1 Å². The summed E-state index contributed by atoms with van der Waals surface area (Å²) in [5.74, 6) is 0.856. The predicted octanol–water partition coefficient (Wildman–Crippen LogP) is 3.48. The van der Waals surface area contributed by atoms with Crippen molar-refractivity contribution in [1.29, 1.82) is 0 Å². The standard InChI is InChI=1S/C14H18O/c15-11-3-1-2-4-12-5-7-13(8-6-12)14-9-10-14/h5-8,11,14H,1-4,9-10H2. The topological polar surface area (TPSA) is 17.1 Å². The van der Waals surface area contributed by atoms with Gasteiger partial charge in [0.2, 0.25) is 0 Å². The molecule has 0 spiro atoms. The summed E-state index contributed by atoms with van der Waals surface area (Å²) >= 11 is 0. The fourth-order valence-electron chi connectivity index (χ4n) is 1.93. The molecule has 0 saturated heterocycles. The van der Waals surface area contributed by atoms with Crippen LogP contribution in [0, 0.1) is 0 Å². The lowest BCUT2D eigenvalue weighted by molar-refractivity contribution is -0.107. The van der Waals surface area contributed by atoms with E-state index in [1.807, 2.05) is 0 Å². The van der Waals surface area contributed by atoms with Gasteiger partial charge in [-0.2, -0.15) is 0 Å². The number of unbranched alkanes of at least 4 members (excludes halogenated alkanes) is 2. The minimum absolute atomic E-state index is 0.708. The number of aldehydes is 1. The molecule has 0 bridgehead atoms. The summed E-state index contributed by atoms with van der Waals surface area (Å²) in [5, 5.41) is 0. The first-order valence-corrected chi connectivity index (χ1v) is 5.92. The Morgan fingerprint density at radius 3 is 2.47 bits per heavy atom. The Morgan fingerprint density at radius 1 is 1.13 bits per heavy atom. The quantitative estimate of drug-likeness (QED) is 0.510. The molecule has 0 aromatic heterocycles. The van der Waals surface area contributed by atoms with Gasteiger partial charge in [0.15, 0.2) is 0 Å². The number of rotatable bonds is 6. The van der Waals surface area contributed by atoms with Gasteiger partial charge < -0.3 is 4.79 Å². The van der Waals surface area contributed by atoms with Gasteiger partial charge >= 0.3 is 0 Å². The van der Waals surface area contributed by atoms with Gasteiger partial charge in [-0.15, -0.1) is 0 Å². The Labute approximate surface area is 91.5 Å². The molecule has 0 amide bonds. The maximum atomic E-state index is 10.1. The molecule has 1 aliphatic carbocycles. The highest BCUT2D eigenvalue weighted by Crippen LogP contribution is 2.39. The average molecular weight is 202 g/mol. The number of aryl methyl sites for hydroxylation is 1. The molecular weight excluding hydrogens is 184 g/mol. The van der Waals surface area contributed by atoms with E-state index in [1.54, 1.807) is 0 Å². The van der Waals surface area contributed by atoms with Crippen molar-refractivity contribution in [1.82, 2.24) is 0 Å². The lowest BCUT2D eigenvalue weighted by Gasteiger charge is -2.02. The molecule has 1 aromatic rings. The zero-order valence-corrected chi connectivity index (χ0v) is 9.11. The Hall–Kier alpha value is -1.11. The van der Waals surface area contributed by atoms with E-state index in [2.05, 4.69) is 24.3 Å². The molecule has 1 aromatic carbocycles. The van der Waals surface area contributed by atoms with Crippen molar-refractivity contribution in [3.05, 3.63) is 35.4 Å². The molecule has 2 rings (SSSR count). The van der Waals surface area contributed by atoms with Gasteiger partial charge in [0.25, 0.3) is 0 Å². The van der Waals surface area contributed by atoms with Crippen LogP contribution in [-0.4, -0.2) is 6.29 Å².